The van der Waals surface area contributed by atoms with E-state index < -0.39 is 10.3 Å². The molecule has 2 nitrogen and oxygen atoms in total. The Labute approximate surface area is 70.9 Å². The lowest BCUT2D eigenvalue weighted by Crippen LogP contribution is -2.46. The molecule has 0 heterocycles. The lowest BCUT2D eigenvalue weighted by molar-refractivity contribution is -0.308. The normalized spacial score (nSPS) is 20.4. The number of carbonyl (C=O) groups excluding carboxylic acids is 1. The highest BCUT2D eigenvalue weighted by Crippen LogP contribution is 2.26. The maximum absolute atomic E-state index is 10.3. The molecule has 0 bridgehead atoms. The molecule has 54 valence electrons. The van der Waals surface area contributed by atoms with Crippen LogP contribution in [0.4, 0.5) is 0 Å². The number of rotatable bonds is 2. The van der Waals surface area contributed by atoms with Gasteiger partial charge >= 0.3 is 0 Å². The number of carboxylic acids is 1. The number of halogens is 2. The fraction of sp³-hybridized carbons (Fsp3) is 0.800. The van der Waals surface area contributed by atoms with E-state index in [1.54, 1.807) is 13.8 Å². The minimum Gasteiger partial charge on any atom is -0.549 e. The van der Waals surface area contributed by atoms with Gasteiger partial charge in [-0.2, -0.15) is 0 Å². The van der Waals surface area contributed by atoms with Gasteiger partial charge in [-0.25, -0.2) is 0 Å². The molecule has 0 amide bonds. The van der Waals surface area contributed by atoms with Crippen LogP contribution < -0.4 is 5.11 Å². The Morgan fingerprint density at radius 1 is 1.78 bits per heavy atom. The Morgan fingerprint density at radius 2 is 2.11 bits per heavy atom. The molecule has 0 aliphatic heterocycles. The first-order valence-corrected chi connectivity index (χ1v) is 4.14. The predicted molar refractivity (Wildman–Crippen MR) is 40.7 cm³/mol. The standard InChI is InChI=1S/C5H8Br2O2/c1-3(6)5(2,7)4(8)9/h3H,1-2H3,(H,8,9)/p-1/t3-,5-/m1/s1. The lowest BCUT2D eigenvalue weighted by atomic mass is 10.1. The van der Waals surface area contributed by atoms with E-state index in [2.05, 4.69) is 31.9 Å². The fourth-order valence-electron chi connectivity index (χ4n) is 0.162. The molecule has 0 aliphatic rings. The largest absolute Gasteiger partial charge is 0.549 e. The van der Waals surface area contributed by atoms with Gasteiger partial charge in [-0.1, -0.05) is 38.8 Å². The Bertz CT molecular complexity index is 120. The van der Waals surface area contributed by atoms with Crippen LogP contribution in [-0.2, 0) is 4.79 Å². The Balaban J connectivity index is 4.19. The number of carboxylic acid groups (broad SMARTS) is 1. The van der Waals surface area contributed by atoms with Crippen LogP contribution in [0.5, 0.6) is 0 Å². The zero-order valence-corrected chi connectivity index (χ0v) is 8.32. The maximum atomic E-state index is 10.3. The molecule has 2 atom stereocenters. The Hall–Kier alpha value is 0.430. The van der Waals surface area contributed by atoms with Crippen molar-refractivity contribution in [2.75, 3.05) is 0 Å². The first-order chi connectivity index (χ1) is 3.89. The van der Waals surface area contributed by atoms with E-state index in [0.717, 1.165) is 0 Å². The number of carbonyl (C=O) groups is 1. The first kappa shape index (κ1) is 9.43. The predicted octanol–water partition coefficient (Wildman–Crippen LogP) is 0.673. The molecule has 0 aliphatic carbocycles. The highest BCUT2D eigenvalue weighted by atomic mass is 79.9. The second-order valence-electron chi connectivity index (χ2n) is 1.98. The van der Waals surface area contributed by atoms with Gasteiger partial charge in [0.05, 0.1) is 10.3 Å². The van der Waals surface area contributed by atoms with Crippen LogP contribution in [0.2, 0.25) is 0 Å². The molecule has 0 radical (unpaired) electrons. The fourth-order valence-corrected chi connectivity index (χ4v) is 0.349. The van der Waals surface area contributed by atoms with Crippen molar-refractivity contribution in [2.45, 2.75) is 23.0 Å². The van der Waals surface area contributed by atoms with Crippen molar-refractivity contribution in [3.05, 3.63) is 0 Å². The molecule has 0 fully saturated rings. The molecule has 4 heteroatoms. The van der Waals surface area contributed by atoms with E-state index in [1.165, 1.54) is 0 Å². The molecule has 0 saturated carbocycles. The number of hydrogen-bond acceptors (Lipinski definition) is 2. The van der Waals surface area contributed by atoms with Gasteiger partial charge in [0.1, 0.15) is 0 Å². The molecular formula is C5H7Br2O2-. The van der Waals surface area contributed by atoms with Crippen molar-refractivity contribution in [3.8, 4) is 0 Å². The zero-order valence-electron chi connectivity index (χ0n) is 5.15. The van der Waals surface area contributed by atoms with Crippen molar-refractivity contribution in [1.29, 1.82) is 0 Å². The molecule has 0 aromatic carbocycles. The maximum Gasteiger partial charge on any atom is 0.0744 e. The van der Waals surface area contributed by atoms with E-state index >= 15 is 0 Å². The van der Waals surface area contributed by atoms with E-state index in [9.17, 15) is 9.90 Å². The number of hydrogen-bond donors (Lipinski definition) is 0. The molecule has 0 spiro atoms. The molecule has 0 saturated heterocycles. The van der Waals surface area contributed by atoms with E-state index in [4.69, 9.17) is 0 Å². The second kappa shape index (κ2) is 3.01. The number of aliphatic carboxylic acids is 1. The Kier molecular flexibility index (Phi) is 3.16. The summed E-state index contributed by atoms with van der Waals surface area (Å²) >= 11 is 6.13. The summed E-state index contributed by atoms with van der Waals surface area (Å²) < 4.78 is -0.965. The van der Waals surface area contributed by atoms with Crippen molar-refractivity contribution >= 4 is 37.8 Å². The quantitative estimate of drug-likeness (QED) is 0.684. The molecule has 9 heavy (non-hydrogen) atoms. The third-order valence-corrected chi connectivity index (χ3v) is 3.69. The van der Waals surface area contributed by atoms with Crippen LogP contribution in [0.1, 0.15) is 13.8 Å². The van der Waals surface area contributed by atoms with Gasteiger partial charge < -0.3 is 9.90 Å². The average molecular weight is 259 g/mol. The van der Waals surface area contributed by atoms with Gasteiger partial charge in [0.25, 0.3) is 0 Å². The summed E-state index contributed by atoms with van der Waals surface area (Å²) in [6, 6.07) is 0. The highest BCUT2D eigenvalue weighted by Gasteiger charge is 2.27. The minimum atomic E-state index is -1.10. The third kappa shape index (κ3) is 2.26. The summed E-state index contributed by atoms with van der Waals surface area (Å²) in [5, 5.41) is 10.3. The van der Waals surface area contributed by atoms with Gasteiger partial charge in [-0.15, -0.1) is 0 Å². The third-order valence-electron chi connectivity index (χ3n) is 1.15. The molecule has 0 aromatic rings. The van der Waals surface area contributed by atoms with Crippen molar-refractivity contribution in [1.82, 2.24) is 0 Å². The van der Waals surface area contributed by atoms with Gasteiger partial charge in [-0.3, -0.25) is 0 Å². The minimum absolute atomic E-state index is 0.144. The zero-order chi connectivity index (χ0) is 7.65. The molecular weight excluding hydrogens is 252 g/mol. The Morgan fingerprint density at radius 3 is 2.11 bits per heavy atom. The molecule has 0 N–H and O–H groups in total. The van der Waals surface area contributed by atoms with Crippen LogP contribution in [-0.4, -0.2) is 15.1 Å². The van der Waals surface area contributed by atoms with Gasteiger partial charge in [0, 0.05) is 4.83 Å². The first-order valence-electron chi connectivity index (χ1n) is 2.43. The smallest absolute Gasteiger partial charge is 0.0744 e. The summed E-state index contributed by atoms with van der Waals surface area (Å²) in [4.78, 5) is 10.1. The van der Waals surface area contributed by atoms with Crippen LogP contribution in [0.15, 0.2) is 0 Å². The lowest BCUT2D eigenvalue weighted by Gasteiger charge is -2.26. The van der Waals surface area contributed by atoms with Gasteiger partial charge in [-0.05, 0) is 6.92 Å². The summed E-state index contributed by atoms with van der Waals surface area (Å²) in [6.45, 7) is 3.28. The average Bonchev–Trinajstić information content (AvgIpc) is 1.65. The SMILES string of the molecule is C[C@@H](Br)[C@@](C)(Br)C(=O)[O-]. The summed E-state index contributed by atoms with van der Waals surface area (Å²) in [5.41, 5.74) is 0. The molecule has 0 unspecified atom stereocenters. The summed E-state index contributed by atoms with van der Waals surface area (Å²) in [5.74, 6) is -1.10. The van der Waals surface area contributed by atoms with Crippen LogP contribution in [0, 0.1) is 0 Å². The second-order valence-corrected chi connectivity index (χ2v) is 5.00. The van der Waals surface area contributed by atoms with Crippen molar-refractivity contribution in [2.24, 2.45) is 0 Å². The monoisotopic (exact) mass is 257 g/mol. The summed E-state index contributed by atoms with van der Waals surface area (Å²) in [7, 11) is 0. The topological polar surface area (TPSA) is 40.1 Å². The van der Waals surface area contributed by atoms with E-state index in [1.807, 2.05) is 0 Å². The number of alkyl halides is 2. The summed E-state index contributed by atoms with van der Waals surface area (Å²) in [6.07, 6.45) is 0. The van der Waals surface area contributed by atoms with Crippen LogP contribution >= 0.6 is 31.9 Å². The van der Waals surface area contributed by atoms with Gasteiger partial charge in [0.15, 0.2) is 0 Å². The van der Waals surface area contributed by atoms with Crippen LogP contribution in [0.3, 0.4) is 0 Å². The van der Waals surface area contributed by atoms with Crippen molar-refractivity contribution in [3.63, 3.8) is 0 Å². The molecule has 0 aromatic heterocycles. The van der Waals surface area contributed by atoms with Gasteiger partial charge in [0.2, 0.25) is 0 Å². The van der Waals surface area contributed by atoms with E-state index in [0.29, 0.717) is 0 Å². The molecule has 0 rings (SSSR count). The highest BCUT2D eigenvalue weighted by molar-refractivity contribution is 9.12. The van der Waals surface area contributed by atoms with E-state index in [-0.39, 0.29) is 4.83 Å². The van der Waals surface area contributed by atoms with Crippen LogP contribution in [0.25, 0.3) is 0 Å². The van der Waals surface area contributed by atoms with Crippen molar-refractivity contribution < 1.29 is 9.90 Å².